The van der Waals surface area contributed by atoms with Gasteiger partial charge in [0.25, 0.3) is 0 Å². The third-order valence-corrected chi connectivity index (χ3v) is 3.85. The van der Waals surface area contributed by atoms with E-state index < -0.39 is 0 Å². The van der Waals surface area contributed by atoms with E-state index in [1.807, 2.05) is 0 Å². The Morgan fingerprint density at radius 1 is 1.33 bits per heavy atom. The molecule has 1 N–H and O–H groups in total. The first-order valence-electron chi connectivity index (χ1n) is 7.27. The molecule has 0 spiro atoms. The predicted molar refractivity (Wildman–Crippen MR) is 76.2 cm³/mol. The van der Waals surface area contributed by atoms with Crippen molar-refractivity contribution in [2.75, 3.05) is 19.7 Å². The van der Waals surface area contributed by atoms with Crippen LogP contribution in [0, 0.1) is 5.92 Å². The molecule has 0 bridgehead atoms. The van der Waals surface area contributed by atoms with Crippen molar-refractivity contribution < 1.29 is 4.74 Å². The van der Waals surface area contributed by atoms with Crippen LogP contribution in [0.3, 0.4) is 0 Å². The summed E-state index contributed by atoms with van der Waals surface area (Å²) in [7, 11) is 0. The van der Waals surface area contributed by atoms with Crippen LogP contribution in [0.25, 0.3) is 0 Å². The van der Waals surface area contributed by atoms with Gasteiger partial charge in [-0.15, -0.1) is 0 Å². The van der Waals surface area contributed by atoms with Gasteiger partial charge in [0.15, 0.2) is 0 Å². The highest BCUT2D eigenvalue weighted by molar-refractivity contribution is 5.39. The number of hydrogen-bond acceptors (Lipinski definition) is 2. The zero-order chi connectivity index (χ0) is 12.8. The molecular formula is C16H25NO. The van der Waals surface area contributed by atoms with E-state index in [4.69, 9.17) is 4.74 Å². The van der Waals surface area contributed by atoms with Gasteiger partial charge >= 0.3 is 0 Å². The van der Waals surface area contributed by atoms with Gasteiger partial charge in [-0.3, -0.25) is 0 Å². The monoisotopic (exact) mass is 247 g/mol. The molecule has 0 aliphatic carbocycles. The lowest BCUT2D eigenvalue weighted by molar-refractivity contribution is 0.300. The Bertz CT molecular complexity index is 364. The highest BCUT2D eigenvalue weighted by Crippen LogP contribution is 2.37. The first-order valence-corrected chi connectivity index (χ1v) is 7.27. The normalized spacial score (nSPS) is 19.3. The molecule has 1 heterocycles. The molecule has 2 nitrogen and oxygen atoms in total. The van der Waals surface area contributed by atoms with E-state index in [9.17, 15) is 0 Å². The maximum Gasteiger partial charge on any atom is 0.122 e. The summed E-state index contributed by atoms with van der Waals surface area (Å²) in [4.78, 5) is 0. The van der Waals surface area contributed by atoms with Gasteiger partial charge in [-0.2, -0.15) is 0 Å². The zero-order valence-electron chi connectivity index (χ0n) is 11.6. The van der Waals surface area contributed by atoms with E-state index in [1.165, 1.54) is 24.8 Å². The number of fused-ring (bicyclic) bond motifs is 1. The second kappa shape index (κ2) is 6.79. The standard InChI is InChI=1S/C16H25NO/c1-3-9-17-11-13(4-2)10-14-12-18-16-8-6-5-7-15(14)16/h5-8,13-14,17H,3-4,9-12H2,1-2H3. The number of para-hydroxylation sites is 1. The summed E-state index contributed by atoms with van der Waals surface area (Å²) in [6.45, 7) is 7.65. The van der Waals surface area contributed by atoms with Crippen molar-refractivity contribution in [3.05, 3.63) is 29.8 Å². The summed E-state index contributed by atoms with van der Waals surface area (Å²) in [5.41, 5.74) is 1.41. The molecule has 0 amide bonds. The van der Waals surface area contributed by atoms with Crippen LogP contribution in [0.1, 0.15) is 44.6 Å². The fraction of sp³-hybridized carbons (Fsp3) is 0.625. The number of hydrogen-bond donors (Lipinski definition) is 1. The van der Waals surface area contributed by atoms with Gasteiger partial charge in [0.2, 0.25) is 0 Å². The largest absolute Gasteiger partial charge is 0.493 e. The molecule has 0 fully saturated rings. The molecular weight excluding hydrogens is 222 g/mol. The molecule has 0 saturated carbocycles. The van der Waals surface area contributed by atoms with Crippen LogP contribution in [0.4, 0.5) is 0 Å². The van der Waals surface area contributed by atoms with E-state index in [-0.39, 0.29) is 0 Å². The minimum Gasteiger partial charge on any atom is -0.493 e. The van der Waals surface area contributed by atoms with Crippen LogP contribution in [0.15, 0.2) is 24.3 Å². The van der Waals surface area contributed by atoms with Crippen LogP contribution in [-0.4, -0.2) is 19.7 Å². The van der Waals surface area contributed by atoms with Gasteiger partial charge in [-0.1, -0.05) is 38.5 Å². The van der Waals surface area contributed by atoms with E-state index in [2.05, 4.69) is 43.4 Å². The van der Waals surface area contributed by atoms with Gasteiger partial charge in [0.1, 0.15) is 5.75 Å². The van der Waals surface area contributed by atoms with Crippen molar-refractivity contribution in [2.45, 2.75) is 39.0 Å². The summed E-state index contributed by atoms with van der Waals surface area (Å²) >= 11 is 0. The molecule has 2 heteroatoms. The SMILES string of the molecule is CCCNCC(CC)CC1COc2ccccc21. The average Bonchev–Trinajstić information content (AvgIpc) is 2.81. The maximum atomic E-state index is 5.76. The van der Waals surface area contributed by atoms with Crippen molar-refractivity contribution >= 4 is 0 Å². The van der Waals surface area contributed by atoms with E-state index in [1.54, 1.807) is 0 Å². The van der Waals surface area contributed by atoms with Crippen LogP contribution in [-0.2, 0) is 0 Å². The minimum absolute atomic E-state index is 0.592. The highest BCUT2D eigenvalue weighted by Gasteiger charge is 2.25. The molecule has 1 aromatic carbocycles. The lowest BCUT2D eigenvalue weighted by Gasteiger charge is -2.19. The van der Waals surface area contributed by atoms with Crippen LogP contribution in [0.5, 0.6) is 5.75 Å². The third-order valence-electron chi connectivity index (χ3n) is 3.85. The Morgan fingerprint density at radius 2 is 2.17 bits per heavy atom. The number of ether oxygens (including phenoxy) is 1. The van der Waals surface area contributed by atoms with Crippen molar-refractivity contribution in [1.29, 1.82) is 0 Å². The number of nitrogens with one attached hydrogen (secondary N) is 1. The lowest BCUT2D eigenvalue weighted by atomic mass is 9.89. The molecule has 1 aliphatic rings. The maximum absolute atomic E-state index is 5.76. The smallest absolute Gasteiger partial charge is 0.122 e. The van der Waals surface area contributed by atoms with Crippen molar-refractivity contribution in [1.82, 2.24) is 5.32 Å². The number of benzene rings is 1. The first-order chi connectivity index (χ1) is 8.85. The van der Waals surface area contributed by atoms with Gasteiger partial charge < -0.3 is 10.1 Å². The second-order valence-corrected chi connectivity index (χ2v) is 5.26. The van der Waals surface area contributed by atoms with Gasteiger partial charge in [-0.05, 0) is 37.9 Å². The van der Waals surface area contributed by atoms with E-state index >= 15 is 0 Å². The Balaban J connectivity index is 1.89. The van der Waals surface area contributed by atoms with Gasteiger partial charge in [0, 0.05) is 11.5 Å². The molecule has 0 aromatic heterocycles. The van der Waals surface area contributed by atoms with E-state index in [0.717, 1.165) is 31.4 Å². The molecule has 2 unspecified atom stereocenters. The Labute approximate surface area is 111 Å². The Kier molecular flexibility index (Phi) is 5.06. The summed E-state index contributed by atoms with van der Waals surface area (Å²) < 4.78 is 5.76. The minimum atomic E-state index is 0.592. The first kappa shape index (κ1) is 13.4. The summed E-state index contributed by atoms with van der Waals surface area (Å²) in [5.74, 6) is 2.45. The molecule has 0 saturated heterocycles. The molecule has 2 rings (SSSR count). The van der Waals surface area contributed by atoms with Crippen molar-refractivity contribution in [3.8, 4) is 5.75 Å². The third kappa shape index (κ3) is 3.26. The molecule has 0 radical (unpaired) electrons. The van der Waals surface area contributed by atoms with Crippen molar-refractivity contribution in [3.63, 3.8) is 0 Å². The summed E-state index contributed by atoms with van der Waals surface area (Å²) in [5, 5.41) is 3.54. The Morgan fingerprint density at radius 3 is 2.94 bits per heavy atom. The topological polar surface area (TPSA) is 21.3 Å². The second-order valence-electron chi connectivity index (χ2n) is 5.26. The van der Waals surface area contributed by atoms with Crippen LogP contribution in [0.2, 0.25) is 0 Å². The highest BCUT2D eigenvalue weighted by atomic mass is 16.5. The molecule has 100 valence electrons. The Hall–Kier alpha value is -1.02. The fourth-order valence-corrected chi connectivity index (χ4v) is 2.70. The van der Waals surface area contributed by atoms with Gasteiger partial charge in [-0.25, -0.2) is 0 Å². The van der Waals surface area contributed by atoms with Crippen LogP contribution >= 0.6 is 0 Å². The van der Waals surface area contributed by atoms with Crippen LogP contribution < -0.4 is 10.1 Å². The molecule has 1 aliphatic heterocycles. The number of rotatable bonds is 7. The predicted octanol–water partition coefficient (Wildman–Crippen LogP) is 3.58. The van der Waals surface area contributed by atoms with Crippen molar-refractivity contribution in [2.24, 2.45) is 5.92 Å². The fourth-order valence-electron chi connectivity index (χ4n) is 2.70. The lowest BCUT2D eigenvalue weighted by Crippen LogP contribution is -2.24. The van der Waals surface area contributed by atoms with Gasteiger partial charge in [0.05, 0.1) is 6.61 Å². The average molecular weight is 247 g/mol. The molecule has 2 atom stereocenters. The zero-order valence-corrected chi connectivity index (χ0v) is 11.6. The quantitative estimate of drug-likeness (QED) is 0.744. The molecule has 18 heavy (non-hydrogen) atoms. The summed E-state index contributed by atoms with van der Waals surface area (Å²) in [6.07, 6.45) is 3.70. The summed E-state index contributed by atoms with van der Waals surface area (Å²) in [6, 6.07) is 8.49. The van der Waals surface area contributed by atoms with E-state index in [0.29, 0.717) is 5.92 Å². The molecule has 1 aromatic rings.